The van der Waals surface area contributed by atoms with Gasteiger partial charge in [0.1, 0.15) is 17.6 Å². The van der Waals surface area contributed by atoms with Crippen molar-refractivity contribution < 1.29 is 27.4 Å². The first-order valence-corrected chi connectivity index (χ1v) is 9.18. The smallest absolute Gasteiger partial charge is 0.485 e. The van der Waals surface area contributed by atoms with Gasteiger partial charge in [-0.2, -0.15) is 0 Å². The number of alkyl halides is 3. The van der Waals surface area contributed by atoms with Crippen LogP contribution in [0.4, 0.5) is 13.2 Å². The number of benzene rings is 2. The molecule has 1 N–H and O–H groups in total. The van der Waals surface area contributed by atoms with Crippen molar-refractivity contribution in [2.45, 2.75) is 25.9 Å². The predicted molar refractivity (Wildman–Crippen MR) is 103 cm³/mol. The van der Waals surface area contributed by atoms with Gasteiger partial charge in [0.2, 0.25) is 0 Å². The highest BCUT2D eigenvalue weighted by Gasteiger charge is 2.31. The number of aromatic nitrogens is 1. The van der Waals surface area contributed by atoms with Gasteiger partial charge in [0.25, 0.3) is 5.91 Å². The molecule has 154 valence electrons. The summed E-state index contributed by atoms with van der Waals surface area (Å²) in [7, 11) is 0. The Morgan fingerprint density at radius 1 is 1.03 bits per heavy atom. The van der Waals surface area contributed by atoms with Gasteiger partial charge in [0.15, 0.2) is 0 Å². The van der Waals surface area contributed by atoms with E-state index in [1.807, 2.05) is 19.1 Å². The molecule has 1 atom stereocenters. The van der Waals surface area contributed by atoms with Crippen LogP contribution in [-0.2, 0) is 6.54 Å². The zero-order chi connectivity index (χ0) is 21.3. The van der Waals surface area contributed by atoms with E-state index in [1.165, 1.54) is 24.3 Å². The van der Waals surface area contributed by atoms with Crippen LogP contribution in [0.15, 0.2) is 60.9 Å². The lowest BCUT2D eigenvalue weighted by atomic mass is 9.98. The average Bonchev–Trinajstić information content (AvgIpc) is 3.07. The molecule has 5 nitrogen and oxygen atoms in total. The Morgan fingerprint density at radius 2 is 1.73 bits per heavy atom. The molecule has 8 heteroatoms. The summed E-state index contributed by atoms with van der Waals surface area (Å²) in [4.78, 5) is 16.1. The van der Waals surface area contributed by atoms with Crippen molar-refractivity contribution in [2.24, 2.45) is 0 Å². The molecule has 0 fully saturated rings. The van der Waals surface area contributed by atoms with Gasteiger partial charge in [0.05, 0.1) is 0 Å². The van der Waals surface area contributed by atoms with E-state index in [-0.39, 0.29) is 17.8 Å². The van der Waals surface area contributed by atoms with E-state index in [1.54, 1.807) is 24.5 Å². The molecule has 0 saturated carbocycles. The quantitative estimate of drug-likeness (QED) is 0.636. The van der Waals surface area contributed by atoms with Crippen LogP contribution in [-0.4, -0.2) is 17.3 Å². The molecule has 1 aromatic heterocycles. The topological polar surface area (TPSA) is 60.5 Å². The minimum absolute atomic E-state index is 0.197. The minimum Gasteiger partial charge on any atom is -0.485 e. The number of fused-ring (bicyclic) bond motifs is 1. The molecular weight excluding hydrogens is 397 g/mol. The summed E-state index contributed by atoms with van der Waals surface area (Å²) in [5.41, 5.74) is 3.44. The zero-order valence-electron chi connectivity index (χ0n) is 15.9. The second kappa shape index (κ2) is 7.70. The Morgan fingerprint density at radius 3 is 2.40 bits per heavy atom. The second-order valence-electron chi connectivity index (χ2n) is 6.80. The molecule has 0 bridgehead atoms. The third-order valence-corrected chi connectivity index (χ3v) is 4.77. The van der Waals surface area contributed by atoms with Crippen molar-refractivity contribution in [3.63, 3.8) is 0 Å². The van der Waals surface area contributed by atoms with Crippen LogP contribution in [0.25, 0.3) is 11.1 Å². The third-order valence-electron chi connectivity index (χ3n) is 4.77. The third kappa shape index (κ3) is 4.22. The standard InChI is InChI=1S/C22H17F3N2O3/c1-13(14-6-8-26-9-7-14)29-20-10-16-12-27-21(28)19(16)11-18(20)15-2-4-17(5-3-15)30-22(23,24)25/h2-11,13H,12H2,1H3,(H,27,28). The van der Waals surface area contributed by atoms with Crippen molar-refractivity contribution in [1.29, 1.82) is 0 Å². The highest BCUT2D eigenvalue weighted by atomic mass is 19.4. The van der Waals surface area contributed by atoms with Crippen molar-refractivity contribution in [2.75, 3.05) is 0 Å². The van der Waals surface area contributed by atoms with Gasteiger partial charge in [-0.3, -0.25) is 9.78 Å². The lowest BCUT2D eigenvalue weighted by Crippen LogP contribution is -2.16. The number of hydrogen-bond donors (Lipinski definition) is 1. The summed E-state index contributed by atoms with van der Waals surface area (Å²) in [6.45, 7) is 2.28. The molecule has 0 radical (unpaired) electrons. The lowest BCUT2D eigenvalue weighted by Gasteiger charge is -2.19. The fraction of sp³-hybridized carbons (Fsp3) is 0.182. The fourth-order valence-electron chi connectivity index (χ4n) is 3.30. The van der Waals surface area contributed by atoms with Crippen molar-refractivity contribution in [3.8, 4) is 22.6 Å². The number of hydrogen-bond acceptors (Lipinski definition) is 4. The highest BCUT2D eigenvalue weighted by molar-refractivity contribution is 6.00. The van der Waals surface area contributed by atoms with Crippen LogP contribution < -0.4 is 14.8 Å². The van der Waals surface area contributed by atoms with E-state index in [0.29, 0.717) is 29.0 Å². The molecule has 30 heavy (non-hydrogen) atoms. The van der Waals surface area contributed by atoms with Gasteiger partial charge >= 0.3 is 6.36 Å². The van der Waals surface area contributed by atoms with Crippen molar-refractivity contribution in [1.82, 2.24) is 10.3 Å². The first-order valence-electron chi connectivity index (χ1n) is 9.18. The first-order chi connectivity index (χ1) is 14.3. The fourth-order valence-corrected chi connectivity index (χ4v) is 3.30. The van der Waals surface area contributed by atoms with Crippen LogP contribution in [0, 0.1) is 0 Å². The minimum atomic E-state index is -4.76. The monoisotopic (exact) mass is 414 g/mol. The van der Waals surface area contributed by atoms with Gasteiger partial charge in [-0.25, -0.2) is 0 Å². The largest absolute Gasteiger partial charge is 0.573 e. The maximum Gasteiger partial charge on any atom is 0.573 e. The Hall–Kier alpha value is -3.55. The van der Waals surface area contributed by atoms with Crippen molar-refractivity contribution >= 4 is 5.91 Å². The summed E-state index contributed by atoms with van der Waals surface area (Å²) in [5, 5.41) is 2.76. The first kappa shape index (κ1) is 19.8. The van der Waals surface area contributed by atoms with E-state index in [9.17, 15) is 18.0 Å². The number of nitrogens with zero attached hydrogens (tertiary/aromatic N) is 1. The van der Waals surface area contributed by atoms with Crippen LogP contribution in [0.5, 0.6) is 11.5 Å². The number of nitrogens with one attached hydrogen (secondary N) is 1. The summed E-state index contributed by atoms with van der Waals surface area (Å²) in [5.74, 6) is 0.00818. The zero-order valence-corrected chi connectivity index (χ0v) is 15.9. The Labute approximate surface area is 170 Å². The molecule has 2 heterocycles. The van der Waals surface area contributed by atoms with Crippen LogP contribution >= 0.6 is 0 Å². The summed E-state index contributed by atoms with van der Waals surface area (Å²) in [6, 6.07) is 12.6. The number of pyridine rings is 1. The van der Waals surface area contributed by atoms with Crippen LogP contribution in [0.3, 0.4) is 0 Å². The van der Waals surface area contributed by atoms with E-state index >= 15 is 0 Å². The molecule has 1 aliphatic rings. The summed E-state index contributed by atoms with van der Waals surface area (Å²) in [6.07, 6.45) is -1.73. The number of amides is 1. The summed E-state index contributed by atoms with van der Waals surface area (Å²) >= 11 is 0. The maximum atomic E-state index is 12.4. The number of ether oxygens (including phenoxy) is 2. The molecule has 1 unspecified atom stereocenters. The molecule has 2 aromatic carbocycles. The molecular formula is C22H17F3N2O3. The molecule has 0 saturated heterocycles. The highest BCUT2D eigenvalue weighted by Crippen LogP contribution is 2.38. The van der Waals surface area contributed by atoms with E-state index in [4.69, 9.17) is 4.74 Å². The van der Waals surface area contributed by atoms with E-state index in [2.05, 4.69) is 15.0 Å². The molecule has 0 aliphatic carbocycles. The average molecular weight is 414 g/mol. The Kier molecular flexibility index (Phi) is 5.07. The Bertz CT molecular complexity index is 1070. The van der Waals surface area contributed by atoms with Gasteiger partial charge in [-0.05, 0) is 60.0 Å². The van der Waals surface area contributed by atoms with Crippen LogP contribution in [0.1, 0.15) is 34.5 Å². The molecule has 0 spiro atoms. The molecule has 1 amide bonds. The Balaban J connectivity index is 1.71. The normalized spacial score (nSPS) is 14.1. The molecule has 4 rings (SSSR count). The molecule has 1 aliphatic heterocycles. The van der Waals surface area contributed by atoms with E-state index < -0.39 is 6.36 Å². The number of rotatable bonds is 5. The second-order valence-corrected chi connectivity index (χ2v) is 6.80. The van der Waals surface area contributed by atoms with Gasteiger partial charge < -0.3 is 14.8 Å². The number of halogens is 3. The van der Waals surface area contributed by atoms with Crippen LogP contribution in [0.2, 0.25) is 0 Å². The lowest BCUT2D eigenvalue weighted by molar-refractivity contribution is -0.274. The molecule has 3 aromatic rings. The SMILES string of the molecule is CC(Oc1cc2c(cc1-c1ccc(OC(F)(F)F)cc1)C(=O)NC2)c1ccncc1. The van der Waals surface area contributed by atoms with E-state index in [0.717, 1.165) is 11.1 Å². The maximum absolute atomic E-state index is 12.4. The van der Waals surface area contributed by atoms with Crippen molar-refractivity contribution in [3.05, 3.63) is 77.6 Å². The predicted octanol–water partition coefficient (Wildman–Crippen LogP) is 5.03. The van der Waals surface area contributed by atoms with Gasteiger partial charge in [-0.15, -0.1) is 13.2 Å². The summed E-state index contributed by atoms with van der Waals surface area (Å²) < 4.78 is 47.4. The van der Waals surface area contributed by atoms with Gasteiger partial charge in [-0.1, -0.05) is 12.1 Å². The number of carbonyl (C=O) groups is 1. The van der Waals surface area contributed by atoms with Gasteiger partial charge in [0, 0.05) is 30.1 Å². The number of carbonyl (C=O) groups excluding carboxylic acids is 1.